The summed E-state index contributed by atoms with van der Waals surface area (Å²) in [7, 11) is 0. The van der Waals surface area contributed by atoms with Crippen molar-refractivity contribution in [3.8, 4) is 0 Å². The van der Waals surface area contributed by atoms with Gasteiger partial charge in [0, 0.05) is 6.08 Å². The fourth-order valence-corrected chi connectivity index (χ4v) is 5.72. The Balaban J connectivity index is 1.45. The van der Waals surface area contributed by atoms with Crippen LogP contribution in [0.5, 0.6) is 0 Å². The van der Waals surface area contributed by atoms with Gasteiger partial charge in [-0.3, -0.25) is 15.0 Å². The van der Waals surface area contributed by atoms with Crippen LogP contribution in [-0.4, -0.2) is 29.7 Å². The first-order valence-electron chi connectivity index (χ1n) is 9.87. The summed E-state index contributed by atoms with van der Waals surface area (Å²) in [5, 5.41) is 1.15. The zero-order valence-corrected chi connectivity index (χ0v) is 15.5. The summed E-state index contributed by atoms with van der Waals surface area (Å²) in [6, 6.07) is 9.47. The highest BCUT2D eigenvalue weighted by atomic mass is 16.2. The topological polar surface area (TPSA) is 66.5 Å². The highest BCUT2D eigenvalue weighted by Crippen LogP contribution is 2.60. The Morgan fingerprint density at radius 3 is 2.19 bits per heavy atom. The van der Waals surface area contributed by atoms with Crippen LogP contribution in [0.4, 0.5) is 0 Å². The van der Waals surface area contributed by atoms with Crippen molar-refractivity contribution in [3.63, 3.8) is 0 Å². The quantitative estimate of drug-likeness (QED) is 0.495. The molecule has 0 spiro atoms. The molecule has 0 atom stereocenters. The van der Waals surface area contributed by atoms with Crippen LogP contribution < -0.4 is 5.43 Å². The molecule has 0 aliphatic heterocycles. The van der Waals surface area contributed by atoms with Gasteiger partial charge in [0.15, 0.2) is 0 Å². The number of hydrazine groups is 1. The Hall–Kier alpha value is -2.43. The number of carbonyl (C=O) groups is 3. The van der Waals surface area contributed by atoms with E-state index in [1.807, 2.05) is 30.3 Å². The van der Waals surface area contributed by atoms with E-state index in [2.05, 4.69) is 5.43 Å². The van der Waals surface area contributed by atoms with E-state index < -0.39 is 0 Å². The molecule has 0 aromatic heterocycles. The Labute approximate surface area is 159 Å². The molecular weight excluding hydrogens is 340 g/mol. The molecule has 4 aliphatic carbocycles. The van der Waals surface area contributed by atoms with Crippen LogP contribution in [0.25, 0.3) is 6.08 Å². The molecule has 1 aromatic carbocycles. The van der Waals surface area contributed by atoms with Gasteiger partial charge in [-0.15, -0.1) is 0 Å². The summed E-state index contributed by atoms with van der Waals surface area (Å²) in [5.74, 6) is 1.48. The maximum atomic E-state index is 13.1. The Bertz CT molecular complexity index is 721. The summed E-state index contributed by atoms with van der Waals surface area (Å²) in [5.41, 5.74) is 3.32. The molecule has 1 aromatic rings. The second-order valence-corrected chi connectivity index (χ2v) is 8.50. The number of rotatable bonds is 5. The van der Waals surface area contributed by atoms with Gasteiger partial charge < -0.3 is 4.79 Å². The van der Waals surface area contributed by atoms with Crippen LogP contribution in [0.15, 0.2) is 36.4 Å². The normalized spacial score (nSPS) is 31.0. The molecule has 2 amide bonds. The van der Waals surface area contributed by atoms with Gasteiger partial charge in [0.25, 0.3) is 5.91 Å². The van der Waals surface area contributed by atoms with E-state index in [1.54, 1.807) is 6.08 Å². The molecule has 27 heavy (non-hydrogen) atoms. The highest BCUT2D eigenvalue weighted by molar-refractivity contribution is 5.95. The molecule has 0 heterocycles. The van der Waals surface area contributed by atoms with Gasteiger partial charge in [0.1, 0.15) is 6.29 Å². The summed E-state index contributed by atoms with van der Waals surface area (Å²) >= 11 is 0. The monoisotopic (exact) mass is 366 g/mol. The van der Waals surface area contributed by atoms with E-state index in [0.717, 1.165) is 29.8 Å². The van der Waals surface area contributed by atoms with Crippen LogP contribution >= 0.6 is 0 Å². The molecule has 0 radical (unpaired) electrons. The maximum absolute atomic E-state index is 13.1. The first-order chi connectivity index (χ1) is 13.1. The van der Waals surface area contributed by atoms with Crippen molar-refractivity contribution in [2.75, 3.05) is 6.54 Å². The number of nitrogens with one attached hydrogen (secondary N) is 1. The van der Waals surface area contributed by atoms with E-state index in [1.165, 1.54) is 25.3 Å². The van der Waals surface area contributed by atoms with Gasteiger partial charge in [0.2, 0.25) is 5.91 Å². The molecule has 4 aliphatic rings. The van der Waals surface area contributed by atoms with Crippen LogP contribution in [0.1, 0.15) is 44.1 Å². The van der Waals surface area contributed by atoms with Gasteiger partial charge >= 0.3 is 0 Å². The molecule has 5 nitrogen and oxygen atoms in total. The lowest BCUT2D eigenvalue weighted by molar-refractivity contribution is -0.155. The molecule has 4 saturated carbocycles. The molecule has 4 bridgehead atoms. The van der Waals surface area contributed by atoms with Gasteiger partial charge in [-0.2, -0.15) is 0 Å². The average Bonchev–Trinajstić information content (AvgIpc) is 2.65. The average molecular weight is 366 g/mol. The highest BCUT2D eigenvalue weighted by Gasteiger charge is 2.54. The van der Waals surface area contributed by atoms with E-state index in [0.29, 0.717) is 24.0 Å². The third-order valence-electron chi connectivity index (χ3n) is 6.50. The van der Waals surface area contributed by atoms with Gasteiger partial charge in [-0.05, 0) is 67.9 Å². The molecule has 4 fully saturated rings. The van der Waals surface area contributed by atoms with Gasteiger partial charge in [0.05, 0.1) is 12.0 Å². The number of carbonyl (C=O) groups excluding carboxylic acids is 3. The number of nitrogens with zero attached hydrogens (tertiary/aromatic N) is 1. The summed E-state index contributed by atoms with van der Waals surface area (Å²) in [4.78, 5) is 36.7. The SMILES string of the molecule is O=CCN(NC(=O)C12CC3CC(CC(C3)C1)C2)C(=O)/C=C/c1ccccc1. The Morgan fingerprint density at radius 2 is 1.63 bits per heavy atom. The minimum Gasteiger partial charge on any atom is -0.301 e. The molecule has 0 unspecified atom stereocenters. The van der Waals surface area contributed by atoms with Crippen molar-refractivity contribution in [1.29, 1.82) is 0 Å². The number of hydrogen-bond donors (Lipinski definition) is 1. The molecule has 5 heteroatoms. The van der Waals surface area contributed by atoms with Crippen molar-refractivity contribution in [2.24, 2.45) is 23.2 Å². The molecular formula is C22H26N2O3. The van der Waals surface area contributed by atoms with Gasteiger partial charge in [-0.25, -0.2) is 5.01 Å². The van der Waals surface area contributed by atoms with Crippen molar-refractivity contribution < 1.29 is 14.4 Å². The third-order valence-corrected chi connectivity index (χ3v) is 6.50. The Morgan fingerprint density at radius 1 is 1.04 bits per heavy atom. The zero-order valence-electron chi connectivity index (χ0n) is 15.5. The minimum atomic E-state index is -0.385. The summed E-state index contributed by atoms with van der Waals surface area (Å²) < 4.78 is 0. The van der Waals surface area contributed by atoms with Crippen LogP contribution in [0.3, 0.4) is 0 Å². The number of benzene rings is 1. The van der Waals surface area contributed by atoms with E-state index >= 15 is 0 Å². The summed E-state index contributed by atoms with van der Waals surface area (Å²) in [6.45, 7) is -0.143. The van der Waals surface area contributed by atoms with Crippen LogP contribution in [0, 0.1) is 23.2 Å². The van der Waals surface area contributed by atoms with Crippen LogP contribution in [0.2, 0.25) is 0 Å². The van der Waals surface area contributed by atoms with E-state index in [4.69, 9.17) is 0 Å². The van der Waals surface area contributed by atoms with Gasteiger partial charge in [-0.1, -0.05) is 30.3 Å². The van der Waals surface area contributed by atoms with Crippen LogP contribution in [-0.2, 0) is 14.4 Å². The lowest BCUT2D eigenvalue weighted by Crippen LogP contribution is -2.57. The standard InChI is InChI=1S/C22H26N2O3/c25-9-8-24(20(26)7-6-16-4-2-1-3-5-16)23-21(27)22-13-17-10-18(14-22)12-19(11-17)15-22/h1-7,9,17-19H,8,10-15H2,(H,23,27)/b7-6+. The minimum absolute atomic E-state index is 0.0788. The second-order valence-electron chi connectivity index (χ2n) is 8.50. The van der Waals surface area contributed by atoms with Crippen molar-refractivity contribution in [2.45, 2.75) is 38.5 Å². The third kappa shape index (κ3) is 3.68. The molecule has 0 saturated heterocycles. The van der Waals surface area contributed by atoms with Crippen molar-refractivity contribution in [1.82, 2.24) is 10.4 Å². The van der Waals surface area contributed by atoms with Crippen molar-refractivity contribution >= 4 is 24.2 Å². The largest absolute Gasteiger partial charge is 0.301 e. The second kappa shape index (κ2) is 7.29. The smallest absolute Gasteiger partial charge is 0.265 e. The molecule has 5 rings (SSSR count). The zero-order chi connectivity index (χ0) is 18.9. The maximum Gasteiger partial charge on any atom is 0.265 e. The number of amides is 2. The molecule has 142 valence electrons. The summed E-state index contributed by atoms with van der Waals surface area (Å²) in [6.07, 6.45) is 10.3. The van der Waals surface area contributed by atoms with E-state index in [9.17, 15) is 14.4 Å². The molecule has 1 N–H and O–H groups in total. The predicted octanol–water partition coefficient (Wildman–Crippen LogP) is 2.97. The Kier molecular flexibility index (Phi) is 4.85. The number of hydrogen-bond acceptors (Lipinski definition) is 3. The fourth-order valence-electron chi connectivity index (χ4n) is 5.72. The predicted molar refractivity (Wildman–Crippen MR) is 102 cm³/mol. The van der Waals surface area contributed by atoms with Crippen molar-refractivity contribution in [3.05, 3.63) is 42.0 Å². The lowest BCUT2D eigenvalue weighted by Gasteiger charge is -2.55. The van der Waals surface area contributed by atoms with E-state index in [-0.39, 0.29) is 23.8 Å². The number of aldehydes is 1. The lowest BCUT2D eigenvalue weighted by atomic mass is 9.49. The first kappa shape index (κ1) is 18.0. The first-order valence-corrected chi connectivity index (χ1v) is 9.87. The fraction of sp³-hybridized carbons (Fsp3) is 0.500.